The average molecular weight is 239 g/mol. The molecule has 0 spiro atoms. The minimum absolute atomic E-state index is 0.0381. The summed E-state index contributed by atoms with van der Waals surface area (Å²) in [5.74, 6) is 0.644. The van der Waals surface area contributed by atoms with Gasteiger partial charge in [0.2, 0.25) is 11.0 Å². The molecule has 0 aliphatic heterocycles. The molecule has 78 valence electrons. The number of thiophene rings is 1. The van der Waals surface area contributed by atoms with Crippen LogP contribution in [0.3, 0.4) is 0 Å². The molecule has 0 aromatic carbocycles. The monoisotopic (exact) mass is 239 g/mol. The number of hydrogen-bond donors (Lipinski definition) is 1. The minimum atomic E-state index is -0.0381. The van der Waals surface area contributed by atoms with Crippen molar-refractivity contribution in [3.63, 3.8) is 0 Å². The lowest BCUT2D eigenvalue weighted by Gasteiger charge is -1.94. The van der Waals surface area contributed by atoms with Crippen LogP contribution in [0, 0.1) is 0 Å². The molecule has 2 aromatic heterocycles. The minimum Gasteiger partial charge on any atom is -0.301 e. The molecule has 0 aliphatic carbocycles. The number of nitrogens with zero attached hydrogens (tertiary/aromatic N) is 2. The summed E-state index contributed by atoms with van der Waals surface area (Å²) in [7, 11) is 0. The molecule has 0 atom stereocenters. The van der Waals surface area contributed by atoms with Gasteiger partial charge in [0.1, 0.15) is 0 Å². The molecule has 0 unspecified atom stereocenters. The van der Waals surface area contributed by atoms with Crippen LogP contribution >= 0.6 is 22.9 Å². The van der Waals surface area contributed by atoms with Gasteiger partial charge < -0.3 is 5.32 Å². The molecule has 0 saturated carbocycles. The average Bonchev–Trinajstić information content (AvgIpc) is 2.85. The van der Waals surface area contributed by atoms with E-state index in [4.69, 9.17) is 0 Å². The van der Waals surface area contributed by atoms with E-state index in [1.54, 1.807) is 18.3 Å². The van der Waals surface area contributed by atoms with E-state index in [1.165, 1.54) is 11.5 Å². The zero-order valence-corrected chi connectivity index (χ0v) is 9.69. The van der Waals surface area contributed by atoms with Crippen molar-refractivity contribution in [2.75, 3.05) is 5.32 Å². The first-order chi connectivity index (χ1) is 7.29. The zero-order chi connectivity index (χ0) is 10.7. The SMILES string of the molecule is CCC(=O)Nc1nc(-c2cccs2)ns1. The number of amides is 1. The summed E-state index contributed by atoms with van der Waals surface area (Å²) in [6.45, 7) is 1.80. The van der Waals surface area contributed by atoms with Crippen molar-refractivity contribution < 1.29 is 4.79 Å². The van der Waals surface area contributed by atoms with Crippen LogP contribution in [0.15, 0.2) is 17.5 Å². The maximum atomic E-state index is 11.1. The predicted octanol–water partition coefficient (Wildman–Crippen LogP) is 2.62. The van der Waals surface area contributed by atoms with E-state index in [0.29, 0.717) is 17.4 Å². The summed E-state index contributed by atoms with van der Waals surface area (Å²) in [6, 6.07) is 3.91. The summed E-state index contributed by atoms with van der Waals surface area (Å²) >= 11 is 2.79. The van der Waals surface area contributed by atoms with Crippen molar-refractivity contribution in [2.45, 2.75) is 13.3 Å². The highest BCUT2D eigenvalue weighted by Crippen LogP contribution is 2.24. The normalized spacial score (nSPS) is 10.2. The smallest absolute Gasteiger partial charge is 0.225 e. The van der Waals surface area contributed by atoms with Crippen molar-refractivity contribution in [1.29, 1.82) is 0 Å². The standard InChI is InChI=1S/C9H9N3OS2/c1-2-7(13)10-9-11-8(12-15-9)6-4-3-5-14-6/h3-5H,2H2,1H3,(H,10,11,12,13). The van der Waals surface area contributed by atoms with Gasteiger partial charge in [-0.2, -0.15) is 9.36 Å². The molecule has 6 heteroatoms. The second-order valence-corrected chi connectivity index (χ2v) is 4.50. The van der Waals surface area contributed by atoms with Gasteiger partial charge in [0, 0.05) is 18.0 Å². The number of aromatic nitrogens is 2. The van der Waals surface area contributed by atoms with Gasteiger partial charge >= 0.3 is 0 Å². The van der Waals surface area contributed by atoms with Crippen molar-refractivity contribution in [3.05, 3.63) is 17.5 Å². The number of anilines is 1. The zero-order valence-electron chi connectivity index (χ0n) is 8.06. The van der Waals surface area contributed by atoms with Crippen LogP contribution in [-0.4, -0.2) is 15.3 Å². The summed E-state index contributed by atoms with van der Waals surface area (Å²) in [4.78, 5) is 16.4. The largest absolute Gasteiger partial charge is 0.301 e. The summed E-state index contributed by atoms with van der Waals surface area (Å²) < 4.78 is 4.17. The van der Waals surface area contributed by atoms with Gasteiger partial charge in [-0.1, -0.05) is 13.0 Å². The fourth-order valence-electron chi connectivity index (χ4n) is 0.988. The first kappa shape index (κ1) is 10.3. The second-order valence-electron chi connectivity index (χ2n) is 2.80. The van der Waals surface area contributed by atoms with Crippen LogP contribution < -0.4 is 5.32 Å². The summed E-state index contributed by atoms with van der Waals surface area (Å²) in [6.07, 6.45) is 0.452. The van der Waals surface area contributed by atoms with Crippen molar-refractivity contribution >= 4 is 33.9 Å². The third kappa shape index (κ3) is 2.40. The molecule has 0 radical (unpaired) electrons. The molecular formula is C9H9N3OS2. The topological polar surface area (TPSA) is 54.9 Å². The summed E-state index contributed by atoms with van der Waals surface area (Å²) in [5, 5.41) is 5.22. The Morgan fingerprint density at radius 2 is 2.47 bits per heavy atom. The van der Waals surface area contributed by atoms with E-state index < -0.39 is 0 Å². The Hall–Kier alpha value is -1.27. The molecule has 1 amide bonds. The Morgan fingerprint density at radius 1 is 1.60 bits per heavy atom. The van der Waals surface area contributed by atoms with Gasteiger partial charge in [-0.25, -0.2) is 0 Å². The third-order valence-electron chi connectivity index (χ3n) is 1.74. The maximum Gasteiger partial charge on any atom is 0.225 e. The van der Waals surface area contributed by atoms with E-state index in [2.05, 4.69) is 14.7 Å². The second kappa shape index (κ2) is 4.50. The number of rotatable bonds is 3. The molecule has 4 nitrogen and oxygen atoms in total. The lowest BCUT2D eigenvalue weighted by atomic mass is 10.4. The first-order valence-electron chi connectivity index (χ1n) is 4.47. The van der Waals surface area contributed by atoms with Gasteiger partial charge in [0.05, 0.1) is 4.88 Å². The van der Waals surface area contributed by atoms with Gasteiger partial charge in [0.15, 0.2) is 5.82 Å². The highest BCUT2D eigenvalue weighted by molar-refractivity contribution is 7.14. The van der Waals surface area contributed by atoms with Gasteiger partial charge in [-0.05, 0) is 11.4 Å². The first-order valence-corrected chi connectivity index (χ1v) is 6.12. The van der Waals surface area contributed by atoms with Crippen LogP contribution in [0.2, 0.25) is 0 Å². The number of nitrogens with one attached hydrogen (secondary N) is 1. The van der Waals surface area contributed by atoms with E-state index >= 15 is 0 Å². The Balaban J connectivity index is 2.14. The van der Waals surface area contributed by atoms with Crippen LogP contribution in [0.5, 0.6) is 0 Å². The Morgan fingerprint density at radius 3 is 3.13 bits per heavy atom. The third-order valence-corrected chi connectivity index (χ3v) is 3.23. The van der Waals surface area contributed by atoms with Crippen molar-refractivity contribution in [2.24, 2.45) is 0 Å². The predicted molar refractivity (Wildman–Crippen MR) is 62.1 cm³/mol. The fraction of sp³-hybridized carbons (Fsp3) is 0.222. The van der Waals surface area contributed by atoms with E-state index in [0.717, 1.165) is 4.88 Å². The number of carbonyl (C=O) groups excluding carboxylic acids is 1. The molecule has 0 fully saturated rings. The lowest BCUT2D eigenvalue weighted by molar-refractivity contribution is -0.115. The fourth-order valence-corrected chi connectivity index (χ4v) is 2.30. The Bertz CT molecular complexity index is 450. The summed E-state index contributed by atoms with van der Waals surface area (Å²) in [5.41, 5.74) is 0. The van der Waals surface area contributed by atoms with Crippen LogP contribution in [-0.2, 0) is 4.79 Å². The number of hydrogen-bond acceptors (Lipinski definition) is 5. The van der Waals surface area contributed by atoms with Crippen molar-refractivity contribution in [1.82, 2.24) is 9.36 Å². The molecule has 0 aliphatic rings. The van der Waals surface area contributed by atoms with Gasteiger partial charge in [0.25, 0.3) is 0 Å². The molecular weight excluding hydrogens is 230 g/mol. The van der Waals surface area contributed by atoms with Crippen LogP contribution in [0.4, 0.5) is 5.13 Å². The van der Waals surface area contributed by atoms with E-state index in [1.807, 2.05) is 17.5 Å². The van der Waals surface area contributed by atoms with Crippen LogP contribution in [0.1, 0.15) is 13.3 Å². The lowest BCUT2D eigenvalue weighted by Crippen LogP contribution is -2.08. The van der Waals surface area contributed by atoms with E-state index in [9.17, 15) is 4.79 Å². The molecule has 2 heterocycles. The number of carbonyl (C=O) groups is 1. The van der Waals surface area contributed by atoms with E-state index in [-0.39, 0.29) is 5.91 Å². The van der Waals surface area contributed by atoms with Crippen LogP contribution in [0.25, 0.3) is 10.7 Å². The van der Waals surface area contributed by atoms with Crippen molar-refractivity contribution in [3.8, 4) is 10.7 Å². The molecule has 2 rings (SSSR count). The molecule has 1 N–H and O–H groups in total. The Kier molecular flexibility index (Phi) is 3.08. The van der Waals surface area contributed by atoms with Gasteiger partial charge in [-0.3, -0.25) is 4.79 Å². The van der Waals surface area contributed by atoms with Gasteiger partial charge in [-0.15, -0.1) is 11.3 Å². The highest BCUT2D eigenvalue weighted by atomic mass is 32.1. The molecule has 0 bridgehead atoms. The molecule has 15 heavy (non-hydrogen) atoms. The quantitative estimate of drug-likeness (QED) is 0.895. The highest BCUT2D eigenvalue weighted by Gasteiger charge is 2.08. The maximum absolute atomic E-state index is 11.1. The molecule has 2 aromatic rings. The Labute approximate surface area is 95.2 Å². The molecule has 0 saturated heterocycles.